The van der Waals surface area contributed by atoms with Crippen molar-refractivity contribution in [3.8, 4) is 5.75 Å². The lowest BCUT2D eigenvalue weighted by Gasteiger charge is -2.14. The Morgan fingerprint density at radius 2 is 2.24 bits per heavy atom. The van der Waals surface area contributed by atoms with Crippen LogP contribution in [0.5, 0.6) is 5.75 Å². The molecular formula is C13H19NO3. The normalized spacial score (nSPS) is 12.0. The molecule has 0 fully saturated rings. The number of amides is 1. The Balaban J connectivity index is 2.82. The summed E-state index contributed by atoms with van der Waals surface area (Å²) in [6, 6.07) is 5.09. The van der Waals surface area contributed by atoms with Crippen LogP contribution in [0.1, 0.15) is 29.3 Å². The summed E-state index contributed by atoms with van der Waals surface area (Å²) in [7, 11) is 1.58. The molecule has 1 atom stereocenters. The Hall–Kier alpha value is -1.55. The maximum Gasteiger partial charge on any atom is 0.251 e. The number of carbonyl (C=O) groups is 1. The van der Waals surface area contributed by atoms with Crippen LogP contribution in [-0.2, 0) is 0 Å². The van der Waals surface area contributed by atoms with Gasteiger partial charge in [0.25, 0.3) is 5.91 Å². The van der Waals surface area contributed by atoms with Gasteiger partial charge >= 0.3 is 0 Å². The maximum absolute atomic E-state index is 11.9. The van der Waals surface area contributed by atoms with E-state index in [1.165, 1.54) is 0 Å². The van der Waals surface area contributed by atoms with Crippen molar-refractivity contribution in [1.29, 1.82) is 0 Å². The fraction of sp³-hybridized carbons (Fsp3) is 0.462. The molecule has 0 aliphatic carbocycles. The average molecular weight is 237 g/mol. The predicted octanol–water partition coefficient (Wildman–Crippen LogP) is 1.50. The summed E-state index contributed by atoms with van der Waals surface area (Å²) in [5.74, 6) is 0.499. The number of rotatable bonds is 5. The van der Waals surface area contributed by atoms with E-state index in [0.29, 0.717) is 17.7 Å². The lowest BCUT2D eigenvalue weighted by molar-refractivity contribution is 0.0914. The Kier molecular flexibility index (Phi) is 4.97. The van der Waals surface area contributed by atoms with Crippen molar-refractivity contribution in [3.05, 3.63) is 29.3 Å². The molecule has 94 valence electrons. The number of aliphatic hydroxyl groups excluding tert-OH is 1. The molecule has 1 unspecified atom stereocenters. The zero-order valence-corrected chi connectivity index (χ0v) is 10.5. The number of benzene rings is 1. The molecule has 0 heterocycles. The second kappa shape index (κ2) is 6.25. The lowest BCUT2D eigenvalue weighted by Crippen LogP contribution is -2.36. The number of ether oxygens (including phenoxy) is 1. The molecule has 1 aromatic rings. The van der Waals surface area contributed by atoms with Gasteiger partial charge in [-0.15, -0.1) is 0 Å². The quantitative estimate of drug-likeness (QED) is 0.816. The number of nitrogens with one attached hydrogen (secondary N) is 1. The SMILES string of the molecule is CCC(CO)NC(=O)c1ccc(C)c(OC)c1. The average Bonchev–Trinajstić information content (AvgIpc) is 2.36. The van der Waals surface area contributed by atoms with Crippen molar-refractivity contribution in [1.82, 2.24) is 5.32 Å². The van der Waals surface area contributed by atoms with Crippen LogP contribution in [0, 0.1) is 6.92 Å². The molecule has 2 N–H and O–H groups in total. The zero-order valence-electron chi connectivity index (χ0n) is 10.5. The van der Waals surface area contributed by atoms with E-state index >= 15 is 0 Å². The smallest absolute Gasteiger partial charge is 0.251 e. The van der Waals surface area contributed by atoms with Gasteiger partial charge in [0, 0.05) is 5.56 Å². The second-order valence-corrected chi connectivity index (χ2v) is 3.95. The van der Waals surface area contributed by atoms with Crippen molar-refractivity contribution < 1.29 is 14.6 Å². The number of aryl methyl sites for hydroxylation is 1. The highest BCUT2D eigenvalue weighted by molar-refractivity contribution is 5.94. The molecule has 0 aliphatic rings. The van der Waals surface area contributed by atoms with Crippen LogP contribution in [0.15, 0.2) is 18.2 Å². The van der Waals surface area contributed by atoms with E-state index in [2.05, 4.69) is 5.32 Å². The topological polar surface area (TPSA) is 58.6 Å². The van der Waals surface area contributed by atoms with Crippen LogP contribution in [0.25, 0.3) is 0 Å². The van der Waals surface area contributed by atoms with Gasteiger partial charge in [0.15, 0.2) is 0 Å². The van der Waals surface area contributed by atoms with Crippen molar-refractivity contribution in [3.63, 3.8) is 0 Å². The highest BCUT2D eigenvalue weighted by Gasteiger charge is 2.12. The van der Waals surface area contributed by atoms with Gasteiger partial charge in [0.05, 0.1) is 19.8 Å². The van der Waals surface area contributed by atoms with Gasteiger partial charge in [-0.05, 0) is 31.0 Å². The highest BCUT2D eigenvalue weighted by atomic mass is 16.5. The lowest BCUT2D eigenvalue weighted by atomic mass is 10.1. The fourth-order valence-corrected chi connectivity index (χ4v) is 1.51. The van der Waals surface area contributed by atoms with Gasteiger partial charge in [0.1, 0.15) is 5.75 Å². The zero-order chi connectivity index (χ0) is 12.8. The van der Waals surface area contributed by atoms with E-state index in [-0.39, 0.29) is 18.6 Å². The van der Waals surface area contributed by atoms with E-state index in [0.717, 1.165) is 5.56 Å². The third-order valence-electron chi connectivity index (χ3n) is 2.72. The summed E-state index contributed by atoms with van der Waals surface area (Å²) in [6.07, 6.45) is 0.700. The summed E-state index contributed by atoms with van der Waals surface area (Å²) in [6.45, 7) is 3.78. The van der Waals surface area contributed by atoms with E-state index in [1.54, 1.807) is 19.2 Å². The monoisotopic (exact) mass is 237 g/mol. The summed E-state index contributed by atoms with van der Waals surface area (Å²) < 4.78 is 5.16. The van der Waals surface area contributed by atoms with Gasteiger partial charge < -0.3 is 15.2 Å². The molecule has 0 aromatic heterocycles. The first-order chi connectivity index (χ1) is 8.12. The maximum atomic E-state index is 11.9. The third kappa shape index (κ3) is 3.46. The van der Waals surface area contributed by atoms with Crippen molar-refractivity contribution in [2.45, 2.75) is 26.3 Å². The Morgan fingerprint density at radius 3 is 2.76 bits per heavy atom. The number of methoxy groups -OCH3 is 1. The van der Waals surface area contributed by atoms with Crippen LogP contribution in [0.2, 0.25) is 0 Å². The summed E-state index contributed by atoms with van der Waals surface area (Å²) in [5.41, 5.74) is 1.53. The predicted molar refractivity (Wildman–Crippen MR) is 66.4 cm³/mol. The van der Waals surface area contributed by atoms with E-state index in [1.807, 2.05) is 19.9 Å². The van der Waals surface area contributed by atoms with Gasteiger partial charge in [-0.3, -0.25) is 4.79 Å². The Labute approximate surface area is 102 Å². The Morgan fingerprint density at radius 1 is 1.53 bits per heavy atom. The summed E-state index contributed by atoms with van der Waals surface area (Å²) in [4.78, 5) is 11.9. The molecule has 0 saturated heterocycles. The molecule has 1 amide bonds. The van der Waals surface area contributed by atoms with Crippen molar-refractivity contribution in [2.75, 3.05) is 13.7 Å². The van der Waals surface area contributed by atoms with Crippen LogP contribution in [-0.4, -0.2) is 30.8 Å². The minimum absolute atomic E-state index is 0.0504. The van der Waals surface area contributed by atoms with Crippen molar-refractivity contribution in [2.24, 2.45) is 0 Å². The van der Waals surface area contributed by atoms with Crippen LogP contribution in [0.3, 0.4) is 0 Å². The van der Waals surface area contributed by atoms with Crippen LogP contribution < -0.4 is 10.1 Å². The number of hydrogen-bond donors (Lipinski definition) is 2. The molecular weight excluding hydrogens is 218 g/mol. The molecule has 0 bridgehead atoms. The molecule has 1 rings (SSSR count). The second-order valence-electron chi connectivity index (χ2n) is 3.95. The summed E-state index contributed by atoms with van der Waals surface area (Å²) >= 11 is 0. The standard InChI is InChI=1S/C13H19NO3/c1-4-11(8-15)14-13(16)10-6-5-9(2)12(7-10)17-3/h5-7,11,15H,4,8H2,1-3H3,(H,14,16). The Bertz CT molecular complexity index is 386. The van der Waals surface area contributed by atoms with Gasteiger partial charge in [0.2, 0.25) is 0 Å². The van der Waals surface area contributed by atoms with Crippen molar-refractivity contribution >= 4 is 5.91 Å². The van der Waals surface area contributed by atoms with Crippen LogP contribution >= 0.6 is 0 Å². The van der Waals surface area contributed by atoms with Crippen LogP contribution in [0.4, 0.5) is 0 Å². The van der Waals surface area contributed by atoms with E-state index in [9.17, 15) is 4.79 Å². The number of carbonyl (C=O) groups excluding carboxylic acids is 1. The van der Waals surface area contributed by atoms with Gasteiger partial charge in [-0.1, -0.05) is 13.0 Å². The first-order valence-electron chi connectivity index (χ1n) is 5.68. The van der Waals surface area contributed by atoms with Gasteiger partial charge in [-0.2, -0.15) is 0 Å². The third-order valence-corrected chi connectivity index (χ3v) is 2.72. The summed E-state index contributed by atoms with van der Waals surface area (Å²) in [5, 5.41) is 11.8. The largest absolute Gasteiger partial charge is 0.496 e. The molecule has 0 aliphatic heterocycles. The minimum Gasteiger partial charge on any atom is -0.496 e. The number of hydrogen-bond acceptors (Lipinski definition) is 3. The van der Waals surface area contributed by atoms with E-state index < -0.39 is 0 Å². The molecule has 17 heavy (non-hydrogen) atoms. The molecule has 0 spiro atoms. The van der Waals surface area contributed by atoms with E-state index in [4.69, 9.17) is 9.84 Å². The first kappa shape index (κ1) is 13.5. The molecule has 4 nitrogen and oxygen atoms in total. The fourth-order valence-electron chi connectivity index (χ4n) is 1.51. The highest BCUT2D eigenvalue weighted by Crippen LogP contribution is 2.18. The molecule has 4 heteroatoms. The molecule has 1 aromatic carbocycles. The molecule has 0 saturated carbocycles. The van der Waals surface area contributed by atoms with Gasteiger partial charge in [-0.25, -0.2) is 0 Å². The molecule has 0 radical (unpaired) electrons. The first-order valence-corrected chi connectivity index (χ1v) is 5.68. The minimum atomic E-state index is -0.199. The number of aliphatic hydroxyl groups is 1.